The smallest absolute Gasteiger partial charge is 0.268 e. The number of rotatable bonds is 56. The van der Waals surface area contributed by atoms with Gasteiger partial charge in [0.25, 0.3) is 7.82 Å². The zero-order chi connectivity index (χ0) is 54.2. The van der Waals surface area contributed by atoms with Crippen molar-refractivity contribution in [3.8, 4) is 0 Å². The van der Waals surface area contributed by atoms with Crippen LogP contribution in [0.3, 0.4) is 0 Å². The number of carbonyl (C=O) groups is 1. The van der Waals surface area contributed by atoms with Gasteiger partial charge in [0, 0.05) is 6.42 Å². The van der Waals surface area contributed by atoms with Gasteiger partial charge in [0.2, 0.25) is 5.91 Å². The van der Waals surface area contributed by atoms with E-state index in [2.05, 4.69) is 104 Å². The van der Waals surface area contributed by atoms with Gasteiger partial charge in [-0.1, -0.05) is 279 Å². The van der Waals surface area contributed by atoms with Crippen molar-refractivity contribution in [3.05, 3.63) is 85.1 Å². The molecule has 74 heavy (non-hydrogen) atoms. The molecule has 1 amide bonds. The van der Waals surface area contributed by atoms with Crippen LogP contribution in [-0.4, -0.2) is 68.5 Å². The number of aliphatic hydroxyl groups excluding tert-OH is 1. The molecular weight excluding hydrogens is 936 g/mol. The van der Waals surface area contributed by atoms with Gasteiger partial charge < -0.3 is 28.8 Å². The molecule has 0 aromatic rings. The van der Waals surface area contributed by atoms with Crippen molar-refractivity contribution >= 4 is 13.7 Å². The van der Waals surface area contributed by atoms with Crippen LogP contribution in [0.15, 0.2) is 85.1 Å². The number of phosphoric acid groups is 1. The molecule has 8 nitrogen and oxygen atoms in total. The van der Waals surface area contributed by atoms with Crippen LogP contribution in [0.5, 0.6) is 0 Å². The van der Waals surface area contributed by atoms with Crippen molar-refractivity contribution in [1.82, 2.24) is 5.32 Å². The highest BCUT2D eigenvalue weighted by Gasteiger charge is 2.24. The monoisotopic (exact) mass is 1050 g/mol. The molecule has 0 saturated heterocycles. The van der Waals surface area contributed by atoms with E-state index in [0.717, 1.165) is 83.5 Å². The van der Waals surface area contributed by atoms with Crippen molar-refractivity contribution in [3.63, 3.8) is 0 Å². The average molecular weight is 1060 g/mol. The Morgan fingerprint density at radius 3 is 1.20 bits per heavy atom. The maximum atomic E-state index is 13.0. The lowest BCUT2D eigenvalue weighted by Crippen LogP contribution is -2.46. The number of allylic oxidation sites excluding steroid dienone is 14. The lowest BCUT2D eigenvalue weighted by atomic mass is 10.0. The number of nitrogens with one attached hydrogen (secondary N) is 1. The van der Waals surface area contributed by atoms with Crippen molar-refractivity contribution in [2.45, 2.75) is 283 Å². The summed E-state index contributed by atoms with van der Waals surface area (Å²) in [5.74, 6) is -0.165. The number of aliphatic hydroxyl groups is 1. The van der Waals surface area contributed by atoms with Crippen LogP contribution >= 0.6 is 7.82 Å². The Balaban J connectivity index is 3.95. The Kier molecular flexibility index (Phi) is 53.7. The fourth-order valence-corrected chi connectivity index (χ4v) is 9.57. The number of unbranched alkanes of at least 4 members (excludes halogenated alkanes) is 29. The summed E-state index contributed by atoms with van der Waals surface area (Å²) in [6.07, 6.45) is 77.8. The standard InChI is InChI=1S/C65H119N2O6P/c1-6-8-10-12-14-16-18-20-21-22-23-24-25-26-27-28-29-30-31-32-33-34-35-36-37-38-39-40-41-42-43-44-45-47-49-51-53-55-57-59-65(69)66-63(62-73-74(70,71)72-61-60-67(3,4)5)64(68)58-56-54-52-50-48-46-19-17-15-13-11-9-7-2/h8,10,14,16,20-21,23-24,26-27,29-30,32-33,63-64,68H,6-7,9,11-13,15,17-19,22,25,28,31,34-62H2,1-5H3,(H-,66,69,70,71)/b10-8-,16-14-,21-20-,24-23-,27-26-,30-29-,33-32-. The highest BCUT2D eigenvalue weighted by Crippen LogP contribution is 2.38. The van der Waals surface area contributed by atoms with Crippen molar-refractivity contribution in [1.29, 1.82) is 0 Å². The summed E-state index contributed by atoms with van der Waals surface area (Å²) in [7, 11) is 1.31. The third-order valence-electron chi connectivity index (χ3n) is 13.6. The predicted molar refractivity (Wildman–Crippen MR) is 320 cm³/mol. The third kappa shape index (κ3) is 57.4. The van der Waals surface area contributed by atoms with Crippen LogP contribution in [0, 0.1) is 0 Å². The lowest BCUT2D eigenvalue weighted by molar-refractivity contribution is -0.870. The molecule has 0 aromatic heterocycles. The number of quaternary nitrogens is 1. The maximum Gasteiger partial charge on any atom is 0.268 e. The van der Waals surface area contributed by atoms with Gasteiger partial charge in [-0.3, -0.25) is 9.36 Å². The third-order valence-corrected chi connectivity index (χ3v) is 14.6. The second-order valence-electron chi connectivity index (χ2n) is 22.0. The molecule has 2 N–H and O–H groups in total. The number of phosphoric ester groups is 1. The minimum atomic E-state index is -4.57. The molecule has 0 heterocycles. The van der Waals surface area contributed by atoms with Crippen molar-refractivity contribution in [2.24, 2.45) is 0 Å². The Morgan fingerprint density at radius 2 is 0.824 bits per heavy atom. The van der Waals surface area contributed by atoms with Crippen molar-refractivity contribution in [2.75, 3.05) is 40.9 Å². The highest BCUT2D eigenvalue weighted by atomic mass is 31.2. The van der Waals surface area contributed by atoms with E-state index in [-0.39, 0.29) is 19.1 Å². The van der Waals surface area contributed by atoms with Gasteiger partial charge in [-0.05, 0) is 70.6 Å². The number of likely N-dealkylation sites (N-methyl/N-ethyl adjacent to an activating group) is 1. The molecule has 0 aromatic carbocycles. The molecule has 0 aliphatic rings. The zero-order valence-electron chi connectivity index (χ0n) is 49.0. The molecule has 0 fully saturated rings. The van der Waals surface area contributed by atoms with Crippen LogP contribution in [-0.2, 0) is 18.4 Å². The van der Waals surface area contributed by atoms with Crippen LogP contribution < -0.4 is 10.2 Å². The Hall–Kier alpha value is -2.32. The predicted octanol–water partition coefficient (Wildman–Crippen LogP) is 18.6. The summed E-state index contributed by atoms with van der Waals surface area (Å²) in [6, 6.07) is -0.802. The first kappa shape index (κ1) is 71.7. The zero-order valence-corrected chi connectivity index (χ0v) is 49.9. The number of hydrogen-bond donors (Lipinski definition) is 2. The van der Waals surface area contributed by atoms with E-state index in [9.17, 15) is 19.4 Å². The summed E-state index contributed by atoms with van der Waals surface area (Å²) in [6.45, 7) is 4.61. The molecule has 0 saturated carbocycles. The summed E-state index contributed by atoms with van der Waals surface area (Å²) >= 11 is 0. The van der Waals surface area contributed by atoms with Crippen LogP contribution in [0.4, 0.5) is 0 Å². The summed E-state index contributed by atoms with van der Waals surface area (Å²) < 4.78 is 23.4. The molecule has 0 aliphatic carbocycles. The minimum absolute atomic E-state index is 0.0111. The second kappa shape index (κ2) is 55.4. The summed E-state index contributed by atoms with van der Waals surface area (Å²) in [5, 5.41) is 14.0. The number of amides is 1. The maximum absolute atomic E-state index is 13.0. The minimum Gasteiger partial charge on any atom is -0.756 e. The average Bonchev–Trinajstić information content (AvgIpc) is 3.36. The molecule has 0 radical (unpaired) electrons. The van der Waals surface area contributed by atoms with Crippen LogP contribution in [0.2, 0.25) is 0 Å². The van der Waals surface area contributed by atoms with Gasteiger partial charge >= 0.3 is 0 Å². The molecule has 9 heteroatoms. The first-order chi connectivity index (χ1) is 36.0. The highest BCUT2D eigenvalue weighted by molar-refractivity contribution is 7.45. The van der Waals surface area contributed by atoms with Crippen LogP contribution in [0.1, 0.15) is 271 Å². The molecule has 0 spiro atoms. The SMILES string of the molecule is CC/C=C\C/C=C\C/C=C\C/C=C\C/C=C\C/C=C\C/C=C\CCCCCCCCCCCCCCCCCCCC(=O)NC(COP(=O)([O-])OCC[N+](C)(C)C)C(O)CCCCCCCCCCCCCCC. The Morgan fingerprint density at radius 1 is 0.486 bits per heavy atom. The van der Waals surface area contributed by atoms with Gasteiger partial charge in [-0.25, -0.2) is 0 Å². The van der Waals surface area contributed by atoms with E-state index in [1.165, 1.54) is 161 Å². The van der Waals surface area contributed by atoms with Crippen molar-refractivity contribution < 1.29 is 32.9 Å². The molecule has 430 valence electrons. The van der Waals surface area contributed by atoms with Gasteiger partial charge in [0.05, 0.1) is 39.9 Å². The van der Waals surface area contributed by atoms with E-state index in [0.29, 0.717) is 23.9 Å². The molecule has 0 bridgehead atoms. The van der Waals surface area contributed by atoms with E-state index in [1.54, 1.807) is 0 Å². The topological polar surface area (TPSA) is 108 Å². The quantitative estimate of drug-likeness (QED) is 0.0272. The van der Waals surface area contributed by atoms with E-state index >= 15 is 0 Å². The number of carbonyl (C=O) groups excluding carboxylic acids is 1. The van der Waals surface area contributed by atoms with E-state index in [4.69, 9.17) is 9.05 Å². The molecule has 0 aliphatic heterocycles. The first-order valence-electron chi connectivity index (χ1n) is 30.9. The number of nitrogens with zero attached hydrogens (tertiary/aromatic N) is 1. The molecule has 3 unspecified atom stereocenters. The van der Waals surface area contributed by atoms with E-state index < -0.39 is 20.0 Å². The molecule has 0 rings (SSSR count). The lowest BCUT2D eigenvalue weighted by Gasteiger charge is -2.30. The fraction of sp³-hybridized carbons (Fsp3) is 0.769. The summed E-state index contributed by atoms with van der Waals surface area (Å²) in [4.78, 5) is 25.5. The Bertz CT molecular complexity index is 1480. The van der Waals surface area contributed by atoms with Gasteiger partial charge in [0.1, 0.15) is 13.2 Å². The van der Waals surface area contributed by atoms with Crippen LogP contribution in [0.25, 0.3) is 0 Å². The van der Waals surface area contributed by atoms with E-state index in [1.807, 2.05) is 21.1 Å². The van der Waals surface area contributed by atoms with Gasteiger partial charge in [-0.2, -0.15) is 0 Å². The largest absolute Gasteiger partial charge is 0.756 e. The Labute approximate surface area is 458 Å². The normalized spacial score (nSPS) is 14.4. The second-order valence-corrected chi connectivity index (χ2v) is 23.4. The van der Waals surface area contributed by atoms with Gasteiger partial charge in [0.15, 0.2) is 0 Å². The van der Waals surface area contributed by atoms with Gasteiger partial charge in [-0.15, -0.1) is 0 Å². The molecule has 3 atom stereocenters. The fourth-order valence-electron chi connectivity index (χ4n) is 8.85. The number of hydrogen-bond acceptors (Lipinski definition) is 6. The summed E-state index contributed by atoms with van der Waals surface area (Å²) in [5.41, 5.74) is 0. The molecular formula is C65H119N2O6P. The first-order valence-corrected chi connectivity index (χ1v) is 32.4.